The lowest BCUT2D eigenvalue weighted by atomic mass is 10.6. The maximum atomic E-state index is 10.4. The minimum absolute atomic E-state index is 0.0209. The SMILES string of the molecule is O=[N+]([O-])c1cnc(-c2nc(CCl)cs2)s1. The van der Waals surface area contributed by atoms with Gasteiger partial charge in [0.2, 0.25) is 0 Å². The van der Waals surface area contributed by atoms with E-state index in [0.29, 0.717) is 15.9 Å². The van der Waals surface area contributed by atoms with E-state index in [2.05, 4.69) is 9.97 Å². The third kappa shape index (κ3) is 2.14. The van der Waals surface area contributed by atoms with Gasteiger partial charge in [-0.05, 0) is 11.3 Å². The van der Waals surface area contributed by atoms with E-state index in [1.807, 2.05) is 5.38 Å². The second-order valence-electron chi connectivity index (χ2n) is 2.54. The van der Waals surface area contributed by atoms with Crippen LogP contribution in [0, 0.1) is 10.1 Å². The second-order valence-corrected chi connectivity index (χ2v) is 4.67. The van der Waals surface area contributed by atoms with Crippen molar-refractivity contribution >= 4 is 39.3 Å². The predicted molar refractivity (Wildman–Crippen MR) is 59.4 cm³/mol. The lowest BCUT2D eigenvalue weighted by Crippen LogP contribution is -1.80. The minimum Gasteiger partial charge on any atom is -0.257 e. The second kappa shape index (κ2) is 4.21. The van der Waals surface area contributed by atoms with Crippen LogP contribution in [-0.2, 0) is 5.88 Å². The summed E-state index contributed by atoms with van der Waals surface area (Å²) >= 11 is 8.00. The molecule has 2 heterocycles. The summed E-state index contributed by atoms with van der Waals surface area (Å²) in [6.45, 7) is 0. The maximum Gasteiger partial charge on any atom is 0.344 e. The first-order chi connectivity index (χ1) is 7.20. The molecule has 0 aliphatic heterocycles. The molecule has 0 atom stereocenters. The number of alkyl halides is 1. The van der Waals surface area contributed by atoms with E-state index in [0.717, 1.165) is 17.0 Å². The first kappa shape index (κ1) is 10.5. The van der Waals surface area contributed by atoms with Crippen LogP contribution in [0.15, 0.2) is 11.6 Å². The van der Waals surface area contributed by atoms with Crippen molar-refractivity contribution in [3.8, 4) is 10.0 Å². The monoisotopic (exact) mass is 261 g/mol. The number of hydrogen-bond donors (Lipinski definition) is 0. The number of rotatable bonds is 3. The molecule has 0 bridgehead atoms. The highest BCUT2D eigenvalue weighted by molar-refractivity contribution is 7.22. The molecule has 0 saturated heterocycles. The smallest absolute Gasteiger partial charge is 0.257 e. The number of aromatic nitrogens is 2. The van der Waals surface area contributed by atoms with Gasteiger partial charge in [-0.3, -0.25) is 10.1 Å². The van der Waals surface area contributed by atoms with Crippen LogP contribution in [0.25, 0.3) is 10.0 Å². The third-order valence-electron chi connectivity index (χ3n) is 1.55. The van der Waals surface area contributed by atoms with Crippen molar-refractivity contribution in [3.63, 3.8) is 0 Å². The van der Waals surface area contributed by atoms with Crippen LogP contribution < -0.4 is 0 Å². The molecule has 0 aliphatic rings. The molecule has 0 amide bonds. The van der Waals surface area contributed by atoms with Gasteiger partial charge in [0.15, 0.2) is 10.0 Å². The fraction of sp³-hybridized carbons (Fsp3) is 0.143. The number of nitrogens with zero attached hydrogens (tertiary/aromatic N) is 3. The molecule has 0 radical (unpaired) electrons. The van der Waals surface area contributed by atoms with Crippen molar-refractivity contribution < 1.29 is 4.92 Å². The maximum absolute atomic E-state index is 10.4. The summed E-state index contributed by atoms with van der Waals surface area (Å²) in [5.41, 5.74) is 0.759. The number of hydrogen-bond acceptors (Lipinski definition) is 6. The Morgan fingerprint density at radius 2 is 2.33 bits per heavy atom. The van der Waals surface area contributed by atoms with Crippen LogP contribution in [-0.4, -0.2) is 14.9 Å². The molecule has 0 fully saturated rings. The molecule has 2 aromatic heterocycles. The highest BCUT2D eigenvalue weighted by Gasteiger charge is 2.15. The Balaban J connectivity index is 2.32. The van der Waals surface area contributed by atoms with Crippen LogP contribution in [0.5, 0.6) is 0 Å². The molecule has 15 heavy (non-hydrogen) atoms. The number of halogens is 1. The highest BCUT2D eigenvalue weighted by Crippen LogP contribution is 2.31. The Hall–Kier alpha value is -1.05. The Morgan fingerprint density at radius 1 is 1.53 bits per heavy atom. The average molecular weight is 262 g/mol. The summed E-state index contributed by atoms with van der Waals surface area (Å²) in [4.78, 5) is 18.1. The summed E-state index contributed by atoms with van der Waals surface area (Å²) in [6, 6.07) is 0. The van der Waals surface area contributed by atoms with Crippen molar-refractivity contribution in [2.75, 3.05) is 0 Å². The zero-order valence-electron chi connectivity index (χ0n) is 7.21. The zero-order valence-corrected chi connectivity index (χ0v) is 9.60. The zero-order chi connectivity index (χ0) is 10.8. The van der Waals surface area contributed by atoms with E-state index in [1.54, 1.807) is 0 Å². The van der Waals surface area contributed by atoms with Crippen LogP contribution in [0.3, 0.4) is 0 Å². The first-order valence-corrected chi connectivity index (χ1v) is 6.04. The van der Waals surface area contributed by atoms with E-state index < -0.39 is 4.92 Å². The lowest BCUT2D eigenvalue weighted by molar-refractivity contribution is -0.380. The lowest BCUT2D eigenvalue weighted by Gasteiger charge is -1.84. The van der Waals surface area contributed by atoms with Gasteiger partial charge in [0.05, 0.1) is 16.5 Å². The number of nitro groups is 1. The Kier molecular flexibility index (Phi) is 2.94. The fourth-order valence-electron chi connectivity index (χ4n) is 0.915. The van der Waals surface area contributed by atoms with E-state index >= 15 is 0 Å². The molecule has 5 nitrogen and oxygen atoms in total. The van der Waals surface area contributed by atoms with Gasteiger partial charge in [0.1, 0.15) is 6.20 Å². The third-order valence-corrected chi connectivity index (χ3v) is 3.80. The van der Waals surface area contributed by atoms with Crippen LogP contribution in [0.1, 0.15) is 5.69 Å². The van der Waals surface area contributed by atoms with Crippen molar-refractivity contribution in [3.05, 3.63) is 27.4 Å². The van der Waals surface area contributed by atoms with Crippen molar-refractivity contribution in [1.29, 1.82) is 0 Å². The van der Waals surface area contributed by atoms with Gasteiger partial charge >= 0.3 is 5.00 Å². The normalized spacial score (nSPS) is 10.5. The first-order valence-electron chi connectivity index (χ1n) is 3.81. The molecular weight excluding hydrogens is 258 g/mol. The predicted octanol–water partition coefficient (Wildman–Crippen LogP) is 2.91. The molecule has 0 saturated carbocycles. The molecule has 78 valence electrons. The topological polar surface area (TPSA) is 68.9 Å². The van der Waals surface area contributed by atoms with Crippen LogP contribution >= 0.6 is 34.3 Å². The molecule has 2 aromatic rings. The molecule has 0 spiro atoms. The quantitative estimate of drug-likeness (QED) is 0.484. The molecule has 0 aromatic carbocycles. The van der Waals surface area contributed by atoms with Gasteiger partial charge in [0, 0.05) is 5.38 Å². The highest BCUT2D eigenvalue weighted by atomic mass is 35.5. The Bertz CT molecular complexity index is 496. The molecule has 2 rings (SSSR count). The molecular formula is C7H4ClN3O2S2. The van der Waals surface area contributed by atoms with E-state index in [9.17, 15) is 10.1 Å². The van der Waals surface area contributed by atoms with Crippen molar-refractivity contribution in [2.24, 2.45) is 0 Å². The standard InChI is InChI=1S/C7H4ClN3O2S2/c8-1-4-3-14-7(10-4)6-9-2-5(15-6)11(12)13/h2-3H,1H2. The fourth-order valence-corrected chi connectivity index (χ4v) is 2.74. The van der Waals surface area contributed by atoms with E-state index in [4.69, 9.17) is 11.6 Å². The van der Waals surface area contributed by atoms with Gasteiger partial charge in [-0.1, -0.05) is 0 Å². The van der Waals surface area contributed by atoms with Gasteiger partial charge in [-0.25, -0.2) is 9.97 Å². The largest absolute Gasteiger partial charge is 0.344 e. The summed E-state index contributed by atoms with van der Waals surface area (Å²) in [7, 11) is 0. The Labute approximate surface area is 97.5 Å². The number of thiazole rings is 2. The van der Waals surface area contributed by atoms with Crippen molar-refractivity contribution in [2.45, 2.75) is 5.88 Å². The van der Waals surface area contributed by atoms with Crippen molar-refractivity contribution in [1.82, 2.24) is 9.97 Å². The summed E-state index contributed by atoms with van der Waals surface area (Å²) < 4.78 is 0. The molecule has 8 heteroatoms. The van der Waals surface area contributed by atoms with Gasteiger partial charge in [-0.15, -0.1) is 22.9 Å². The van der Waals surface area contributed by atoms with Crippen LogP contribution in [0.2, 0.25) is 0 Å². The van der Waals surface area contributed by atoms with Gasteiger partial charge < -0.3 is 0 Å². The summed E-state index contributed by atoms with van der Waals surface area (Å²) in [5.74, 6) is 0.337. The summed E-state index contributed by atoms with van der Waals surface area (Å²) in [6.07, 6.45) is 1.24. The Morgan fingerprint density at radius 3 is 2.87 bits per heavy atom. The van der Waals surface area contributed by atoms with Crippen LogP contribution in [0.4, 0.5) is 5.00 Å². The average Bonchev–Trinajstić information content (AvgIpc) is 2.86. The summed E-state index contributed by atoms with van der Waals surface area (Å²) in [5, 5.41) is 13.5. The molecule has 0 N–H and O–H groups in total. The molecule has 0 unspecified atom stereocenters. The van der Waals surface area contributed by atoms with Gasteiger partial charge in [0.25, 0.3) is 0 Å². The van der Waals surface area contributed by atoms with Gasteiger partial charge in [-0.2, -0.15) is 0 Å². The van der Waals surface area contributed by atoms with E-state index in [-0.39, 0.29) is 5.00 Å². The molecule has 0 aliphatic carbocycles. The van der Waals surface area contributed by atoms with E-state index in [1.165, 1.54) is 17.5 Å². The minimum atomic E-state index is -0.461.